The lowest BCUT2D eigenvalue weighted by atomic mass is 10.1. The summed E-state index contributed by atoms with van der Waals surface area (Å²) in [5.41, 5.74) is 13.1. The number of nitrogens with two attached hydrogens (primary N) is 2. The molecule has 0 aromatic rings. The Morgan fingerprint density at radius 2 is 1.50 bits per heavy atom. The summed E-state index contributed by atoms with van der Waals surface area (Å²) in [7, 11) is 0. The highest BCUT2D eigenvalue weighted by Crippen LogP contribution is 1.96. The van der Waals surface area contributed by atoms with E-state index in [-0.39, 0.29) is 0 Å². The van der Waals surface area contributed by atoms with Crippen LogP contribution in [0.4, 0.5) is 0 Å². The van der Waals surface area contributed by atoms with Gasteiger partial charge in [0.05, 0.1) is 0 Å². The van der Waals surface area contributed by atoms with Gasteiger partial charge in [-0.2, -0.15) is 0 Å². The maximum Gasteiger partial charge on any atom is 0.0151 e. The summed E-state index contributed by atoms with van der Waals surface area (Å²) in [6.07, 6.45) is 0. The third-order valence-corrected chi connectivity index (χ3v) is 1.20. The van der Waals surface area contributed by atoms with Crippen molar-refractivity contribution in [2.75, 3.05) is 13.1 Å². The molecule has 2 heteroatoms. The Morgan fingerprint density at radius 3 is 1.50 bits per heavy atom. The van der Waals surface area contributed by atoms with E-state index in [1.807, 2.05) is 13.8 Å². The van der Waals surface area contributed by atoms with E-state index in [9.17, 15) is 0 Å². The van der Waals surface area contributed by atoms with Crippen LogP contribution in [-0.2, 0) is 0 Å². The molecule has 0 bridgehead atoms. The van der Waals surface area contributed by atoms with Gasteiger partial charge in [0.2, 0.25) is 0 Å². The van der Waals surface area contributed by atoms with Gasteiger partial charge in [-0.05, 0) is 19.4 Å². The van der Waals surface area contributed by atoms with Gasteiger partial charge in [0.25, 0.3) is 0 Å². The van der Waals surface area contributed by atoms with Crippen LogP contribution in [0.5, 0.6) is 0 Å². The highest BCUT2D eigenvalue weighted by Gasteiger charge is 1.90. The predicted molar refractivity (Wildman–Crippen MR) is 36.5 cm³/mol. The van der Waals surface area contributed by atoms with Crippen molar-refractivity contribution in [1.29, 1.82) is 0 Å². The summed E-state index contributed by atoms with van der Waals surface area (Å²) >= 11 is 0. The molecule has 8 heavy (non-hydrogen) atoms. The molecule has 0 aromatic heterocycles. The SMILES string of the molecule is CC(C)=C(CN)CN. The van der Waals surface area contributed by atoms with E-state index in [0.717, 1.165) is 5.57 Å². The first-order valence-electron chi connectivity index (χ1n) is 2.77. The second-order valence-electron chi connectivity index (χ2n) is 2.01. The summed E-state index contributed by atoms with van der Waals surface area (Å²) in [5, 5.41) is 0. The smallest absolute Gasteiger partial charge is 0.0151 e. The maximum absolute atomic E-state index is 5.35. The van der Waals surface area contributed by atoms with Crippen LogP contribution < -0.4 is 11.5 Å². The van der Waals surface area contributed by atoms with Crippen molar-refractivity contribution < 1.29 is 0 Å². The first-order valence-corrected chi connectivity index (χ1v) is 2.77. The van der Waals surface area contributed by atoms with Crippen LogP contribution in [0, 0.1) is 0 Å². The fourth-order valence-electron chi connectivity index (χ4n) is 0.492. The van der Waals surface area contributed by atoms with Crippen molar-refractivity contribution in [2.24, 2.45) is 11.5 Å². The standard InChI is InChI=1S/C6H14N2/c1-5(2)6(3-7)4-8/h3-4,7-8H2,1-2H3. The molecule has 0 saturated heterocycles. The fraction of sp³-hybridized carbons (Fsp3) is 0.667. The zero-order chi connectivity index (χ0) is 6.57. The first kappa shape index (κ1) is 7.66. The molecule has 0 saturated carbocycles. The Kier molecular flexibility index (Phi) is 3.48. The molecule has 0 atom stereocenters. The molecular weight excluding hydrogens is 100 g/mol. The van der Waals surface area contributed by atoms with E-state index < -0.39 is 0 Å². The first-order chi connectivity index (χ1) is 3.72. The third kappa shape index (κ3) is 2.09. The zero-order valence-corrected chi connectivity index (χ0v) is 5.57. The molecule has 48 valence electrons. The molecule has 4 N–H and O–H groups in total. The molecule has 0 radical (unpaired) electrons. The predicted octanol–water partition coefficient (Wildman–Crippen LogP) is 0.240. The van der Waals surface area contributed by atoms with Crippen molar-refractivity contribution in [3.8, 4) is 0 Å². The lowest BCUT2D eigenvalue weighted by Crippen LogP contribution is -2.13. The van der Waals surface area contributed by atoms with Crippen molar-refractivity contribution in [2.45, 2.75) is 13.8 Å². The second kappa shape index (κ2) is 3.64. The van der Waals surface area contributed by atoms with E-state index >= 15 is 0 Å². The Bertz CT molecular complexity index is 84.7. The minimum absolute atomic E-state index is 0.596. The molecule has 0 spiro atoms. The van der Waals surface area contributed by atoms with E-state index in [2.05, 4.69) is 0 Å². The third-order valence-electron chi connectivity index (χ3n) is 1.20. The topological polar surface area (TPSA) is 52.0 Å². The lowest BCUT2D eigenvalue weighted by molar-refractivity contribution is 1.00. The largest absolute Gasteiger partial charge is 0.327 e. The molecule has 2 nitrogen and oxygen atoms in total. The van der Waals surface area contributed by atoms with Gasteiger partial charge in [-0.25, -0.2) is 0 Å². The van der Waals surface area contributed by atoms with Crippen LogP contribution in [0.1, 0.15) is 13.8 Å². The van der Waals surface area contributed by atoms with Gasteiger partial charge >= 0.3 is 0 Å². The van der Waals surface area contributed by atoms with Crippen LogP contribution in [0.2, 0.25) is 0 Å². The average molecular weight is 114 g/mol. The minimum Gasteiger partial charge on any atom is -0.327 e. The van der Waals surface area contributed by atoms with Crippen molar-refractivity contribution >= 4 is 0 Å². The van der Waals surface area contributed by atoms with Crippen LogP contribution in [0.3, 0.4) is 0 Å². The quantitative estimate of drug-likeness (QED) is 0.505. The second-order valence-corrected chi connectivity index (χ2v) is 2.01. The average Bonchev–Trinajstić information content (AvgIpc) is 1.69. The highest BCUT2D eigenvalue weighted by molar-refractivity contribution is 5.11. The summed E-state index contributed by atoms with van der Waals surface area (Å²) in [6, 6.07) is 0. The lowest BCUT2D eigenvalue weighted by Gasteiger charge is -2.00. The molecule has 0 heterocycles. The van der Waals surface area contributed by atoms with E-state index in [0.29, 0.717) is 13.1 Å². The molecule has 0 amide bonds. The fourth-order valence-corrected chi connectivity index (χ4v) is 0.492. The van der Waals surface area contributed by atoms with Crippen LogP contribution in [0.15, 0.2) is 11.1 Å². The molecule has 0 aliphatic heterocycles. The van der Waals surface area contributed by atoms with Crippen LogP contribution >= 0.6 is 0 Å². The Hall–Kier alpha value is -0.340. The normalized spacial score (nSPS) is 9.00. The molecule has 0 aliphatic carbocycles. The summed E-state index contributed by atoms with van der Waals surface area (Å²) < 4.78 is 0. The van der Waals surface area contributed by atoms with Crippen molar-refractivity contribution in [1.82, 2.24) is 0 Å². The molecule has 0 fully saturated rings. The summed E-state index contributed by atoms with van der Waals surface area (Å²) in [5.74, 6) is 0. The Balaban J connectivity index is 3.86. The molecule has 0 aromatic carbocycles. The van der Waals surface area contributed by atoms with Crippen molar-refractivity contribution in [3.05, 3.63) is 11.1 Å². The summed E-state index contributed by atoms with van der Waals surface area (Å²) in [4.78, 5) is 0. The molecule has 0 aliphatic rings. The van der Waals surface area contributed by atoms with E-state index in [1.165, 1.54) is 5.57 Å². The van der Waals surface area contributed by atoms with E-state index in [4.69, 9.17) is 11.5 Å². The van der Waals surface area contributed by atoms with Gasteiger partial charge in [0.1, 0.15) is 0 Å². The Morgan fingerprint density at radius 1 is 1.12 bits per heavy atom. The van der Waals surface area contributed by atoms with Crippen LogP contribution in [0.25, 0.3) is 0 Å². The van der Waals surface area contributed by atoms with Gasteiger partial charge in [-0.1, -0.05) is 5.57 Å². The van der Waals surface area contributed by atoms with Gasteiger partial charge in [-0.15, -0.1) is 0 Å². The number of hydrogen-bond donors (Lipinski definition) is 2. The number of allylic oxidation sites excluding steroid dienone is 1. The summed E-state index contributed by atoms with van der Waals surface area (Å²) in [6.45, 7) is 5.24. The van der Waals surface area contributed by atoms with Gasteiger partial charge in [0, 0.05) is 13.1 Å². The van der Waals surface area contributed by atoms with Gasteiger partial charge in [-0.3, -0.25) is 0 Å². The van der Waals surface area contributed by atoms with Crippen LogP contribution in [-0.4, -0.2) is 13.1 Å². The molecular formula is C6H14N2. The van der Waals surface area contributed by atoms with E-state index in [1.54, 1.807) is 0 Å². The number of rotatable bonds is 2. The Labute approximate surface area is 50.6 Å². The molecule has 0 unspecified atom stereocenters. The highest BCUT2D eigenvalue weighted by atomic mass is 14.6. The maximum atomic E-state index is 5.35. The number of hydrogen-bond acceptors (Lipinski definition) is 2. The van der Waals surface area contributed by atoms with Crippen molar-refractivity contribution in [3.63, 3.8) is 0 Å². The molecule has 0 rings (SSSR count). The monoisotopic (exact) mass is 114 g/mol. The van der Waals surface area contributed by atoms with Gasteiger partial charge < -0.3 is 11.5 Å². The minimum atomic E-state index is 0.596. The van der Waals surface area contributed by atoms with Gasteiger partial charge in [0.15, 0.2) is 0 Å². The zero-order valence-electron chi connectivity index (χ0n) is 5.57.